The maximum Gasteiger partial charge on any atom is 0.328 e. The molecule has 5 nitrogen and oxygen atoms in total. The zero-order valence-electron chi connectivity index (χ0n) is 15.0. The zero-order valence-corrected chi connectivity index (χ0v) is 15.7. The van der Waals surface area contributed by atoms with E-state index in [1.54, 1.807) is 11.0 Å². The van der Waals surface area contributed by atoms with Crippen LogP contribution in [0.3, 0.4) is 0 Å². The summed E-state index contributed by atoms with van der Waals surface area (Å²) in [5.41, 5.74) is 1.28. The Balaban J connectivity index is 1.76. The number of rotatable bonds is 2. The maximum absolute atomic E-state index is 13.4. The molecule has 26 heavy (non-hydrogen) atoms. The first kappa shape index (κ1) is 17.4. The lowest BCUT2D eigenvalue weighted by molar-refractivity contribution is -0.145. The van der Waals surface area contributed by atoms with Crippen molar-refractivity contribution in [3.05, 3.63) is 34.5 Å². The van der Waals surface area contributed by atoms with Crippen molar-refractivity contribution in [2.75, 3.05) is 7.11 Å². The molecule has 3 atom stereocenters. The third-order valence-electron chi connectivity index (χ3n) is 5.91. The smallest absolute Gasteiger partial charge is 0.328 e. The molecule has 0 bridgehead atoms. The lowest BCUT2D eigenvalue weighted by atomic mass is 9.84. The van der Waals surface area contributed by atoms with E-state index < -0.39 is 6.04 Å². The molecule has 0 spiro atoms. The van der Waals surface area contributed by atoms with Gasteiger partial charge in [-0.05, 0) is 38.2 Å². The van der Waals surface area contributed by atoms with E-state index in [1.807, 2.05) is 19.1 Å². The summed E-state index contributed by atoms with van der Waals surface area (Å²) in [6.45, 7) is 1.86. The molecule has 1 aliphatic carbocycles. The van der Waals surface area contributed by atoms with Gasteiger partial charge in [-0.2, -0.15) is 0 Å². The van der Waals surface area contributed by atoms with Crippen molar-refractivity contribution in [3.8, 4) is 0 Å². The van der Waals surface area contributed by atoms with Crippen LogP contribution in [-0.2, 0) is 9.53 Å². The minimum absolute atomic E-state index is 0.0726. The first-order valence-electron chi connectivity index (χ1n) is 9.11. The highest BCUT2D eigenvalue weighted by atomic mass is 35.5. The van der Waals surface area contributed by atoms with Gasteiger partial charge in [-0.15, -0.1) is 0 Å². The van der Waals surface area contributed by atoms with E-state index in [0.29, 0.717) is 22.9 Å². The largest absolute Gasteiger partial charge is 0.467 e. The Morgan fingerprint density at radius 3 is 2.77 bits per heavy atom. The quantitative estimate of drug-likeness (QED) is 0.732. The van der Waals surface area contributed by atoms with Crippen molar-refractivity contribution >= 4 is 34.4 Å². The number of aryl methyl sites for hydroxylation is 1. The molecule has 138 valence electrons. The molecule has 4 rings (SSSR count). The van der Waals surface area contributed by atoms with Gasteiger partial charge in [-0.3, -0.25) is 4.79 Å². The van der Waals surface area contributed by atoms with E-state index in [-0.39, 0.29) is 23.7 Å². The number of benzene rings is 1. The third kappa shape index (κ3) is 2.60. The Kier molecular flexibility index (Phi) is 4.43. The van der Waals surface area contributed by atoms with Crippen LogP contribution in [0.4, 0.5) is 0 Å². The highest BCUT2D eigenvalue weighted by Crippen LogP contribution is 2.42. The van der Waals surface area contributed by atoms with Gasteiger partial charge in [0.05, 0.1) is 12.1 Å². The van der Waals surface area contributed by atoms with Gasteiger partial charge in [-0.25, -0.2) is 4.79 Å². The molecule has 3 unspecified atom stereocenters. The number of hydrogen-bond donors (Lipinski definition) is 0. The van der Waals surface area contributed by atoms with Crippen LogP contribution in [0.15, 0.2) is 22.6 Å². The molecule has 1 amide bonds. The molecule has 1 aromatic carbocycles. The first-order valence-corrected chi connectivity index (χ1v) is 9.48. The van der Waals surface area contributed by atoms with Crippen molar-refractivity contribution in [2.24, 2.45) is 5.92 Å². The molecular weight excluding hydrogens is 354 g/mol. The van der Waals surface area contributed by atoms with Crippen molar-refractivity contribution in [1.82, 2.24) is 4.90 Å². The topological polar surface area (TPSA) is 59.8 Å². The summed E-state index contributed by atoms with van der Waals surface area (Å²) in [6.07, 6.45) is 4.86. The van der Waals surface area contributed by atoms with E-state index in [0.717, 1.165) is 36.6 Å². The molecule has 0 N–H and O–H groups in total. The van der Waals surface area contributed by atoms with Crippen molar-refractivity contribution in [1.29, 1.82) is 0 Å². The molecule has 2 aliphatic rings. The summed E-state index contributed by atoms with van der Waals surface area (Å²) in [5, 5.41) is 1.31. The second-order valence-corrected chi connectivity index (χ2v) is 7.68. The fraction of sp³-hybridized carbons (Fsp3) is 0.500. The number of hydrogen-bond acceptors (Lipinski definition) is 4. The highest BCUT2D eigenvalue weighted by molar-refractivity contribution is 6.35. The first-order chi connectivity index (χ1) is 12.5. The van der Waals surface area contributed by atoms with E-state index in [2.05, 4.69) is 0 Å². The number of carbonyl (C=O) groups excluding carboxylic acids is 2. The summed E-state index contributed by atoms with van der Waals surface area (Å²) < 4.78 is 10.9. The van der Waals surface area contributed by atoms with Gasteiger partial charge in [0.25, 0.3) is 5.91 Å². The van der Waals surface area contributed by atoms with E-state index in [1.165, 1.54) is 7.11 Å². The SMILES string of the molecule is COC(=O)C1CC2CCCCC2N1C(=O)c1oc2c(Cl)cccc2c1C. The number of furan rings is 1. The molecule has 6 heteroatoms. The molecule has 1 saturated heterocycles. The second kappa shape index (κ2) is 6.62. The average molecular weight is 376 g/mol. The molecule has 1 aromatic heterocycles. The van der Waals surface area contributed by atoms with Gasteiger partial charge in [0.15, 0.2) is 11.3 Å². The predicted octanol–water partition coefficient (Wildman–Crippen LogP) is 4.34. The fourth-order valence-corrected chi connectivity index (χ4v) is 4.84. The number of esters is 1. The van der Waals surface area contributed by atoms with Crippen LogP contribution < -0.4 is 0 Å². The zero-order chi connectivity index (χ0) is 18.4. The van der Waals surface area contributed by atoms with Gasteiger partial charge in [0, 0.05) is 17.0 Å². The average Bonchev–Trinajstić information content (AvgIpc) is 3.20. The van der Waals surface area contributed by atoms with E-state index in [4.69, 9.17) is 20.8 Å². The minimum Gasteiger partial charge on any atom is -0.467 e. The van der Waals surface area contributed by atoms with Crippen LogP contribution in [0.5, 0.6) is 0 Å². The third-order valence-corrected chi connectivity index (χ3v) is 6.20. The Hall–Kier alpha value is -2.01. The number of nitrogens with zero attached hydrogens (tertiary/aromatic N) is 1. The molecule has 1 saturated carbocycles. The van der Waals surface area contributed by atoms with Crippen molar-refractivity contribution < 1.29 is 18.7 Å². The van der Waals surface area contributed by atoms with E-state index >= 15 is 0 Å². The van der Waals surface area contributed by atoms with Crippen LogP contribution in [0.25, 0.3) is 11.0 Å². The molecule has 2 aromatic rings. The lowest BCUT2D eigenvalue weighted by Gasteiger charge is -2.32. The molecule has 1 aliphatic heterocycles. The number of likely N-dealkylation sites (tertiary alicyclic amines) is 1. The van der Waals surface area contributed by atoms with Crippen LogP contribution >= 0.6 is 11.6 Å². The molecule has 0 radical (unpaired) electrons. The van der Waals surface area contributed by atoms with Crippen LogP contribution in [-0.4, -0.2) is 36.0 Å². The summed E-state index contributed by atoms with van der Waals surface area (Å²) in [4.78, 5) is 27.5. The highest BCUT2D eigenvalue weighted by Gasteiger charge is 2.49. The summed E-state index contributed by atoms with van der Waals surface area (Å²) in [6, 6.07) is 5.01. The monoisotopic (exact) mass is 375 g/mol. The van der Waals surface area contributed by atoms with Gasteiger partial charge >= 0.3 is 5.97 Å². The van der Waals surface area contributed by atoms with Crippen LogP contribution in [0, 0.1) is 12.8 Å². The number of halogens is 1. The van der Waals surface area contributed by atoms with Crippen molar-refractivity contribution in [3.63, 3.8) is 0 Å². The molecule has 2 fully saturated rings. The van der Waals surface area contributed by atoms with E-state index in [9.17, 15) is 9.59 Å². The summed E-state index contributed by atoms with van der Waals surface area (Å²) in [7, 11) is 1.37. The Bertz CT molecular complexity index is 874. The minimum atomic E-state index is -0.538. The van der Waals surface area contributed by atoms with Gasteiger partial charge < -0.3 is 14.1 Å². The normalized spacial score (nSPS) is 25.3. The molecule has 2 heterocycles. The number of ether oxygens (including phenoxy) is 1. The number of methoxy groups -OCH3 is 1. The van der Waals surface area contributed by atoms with Gasteiger partial charge in [0.1, 0.15) is 6.04 Å². The number of para-hydroxylation sites is 1. The summed E-state index contributed by atoms with van der Waals surface area (Å²) in [5.74, 6) is 0.0393. The van der Waals surface area contributed by atoms with Crippen LogP contribution in [0.1, 0.15) is 48.2 Å². The molecular formula is C20H22ClNO4. The number of carbonyl (C=O) groups is 2. The van der Waals surface area contributed by atoms with Crippen LogP contribution in [0.2, 0.25) is 5.02 Å². The maximum atomic E-state index is 13.4. The Morgan fingerprint density at radius 1 is 1.27 bits per heavy atom. The fourth-order valence-electron chi connectivity index (χ4n) is 4.63. The Labute approximate surface area is 157 Å². The van der Waals surface area contributed by atoms with Gasteiger partial charge in [-0.1, -0.05) is 36.6 Å². The lowest BCUT2D eigenvalue weighted by Crippen LogP contribution is -2.46. The Morgan fingerprint density at radius 2 is 2.04 bits per heavy atom. The standard InChI is InChI=1S/C20H22ClNO4/c1-11-13-7-5-8-14(21)18(13)26-17(11)19(23)22-15-9-4-3-6-12(15)10-16(22)20(24)25-2/h5,7-8,12,15-16H,3-4,6,9-10H2,1-2H3. The summed E-state index contributed by atoms with van der Waals surface area (Å²) >= 11 is 6.23. The second-order valence-electron chi connectivity index (χ2n) is 7.27. The number of amides is 1. The van der Waals surface area contributed by atoms with Crippen molar-refractivity contribution in [2.45, 2.75) is 51.1 Å². The number of fused-ring (bicyclic) bond motifs is 2. The van der Waals surface area contributed by atoms with Gasteiger partial charge in [0.2, 0.25) is 0 Å². The predicted molar refractivity (Wildman–Crippen MR) is 98.3 cm³/mol.